The first-order valence-corrected chi connectivity index (χ1v) is 10.1. The zero-order valence-corrected chi connectivity index (χ0v) is 17.1. The Morgan fingerprint density at radius 2 is 2.00 bits per heavy atom. The van der Waals surface area contributed by atoms with Gasteiger partial charge in [0.25, 0.3) is 0 Å². The van der Waals surface area contributed by atoms with Crippen molar-refractivity contribution in [1.82, 2.24) is 4.98 Å². The smallest absolute Gasteiger partial charge is 0.416 e. The normalized spacial score (nSPS) is 13.0. The summed E-state index contributed by atoms with van der Waals surface area (Å²) in [5, 5.41) is 3.94. The number of nitrogens with one attached hydrogen (secondary N) is 1. The van der Waals surface area contributed by atoms with Gasteiger partial charge >= 0.3 is 6.18 Å². The van der Waals surface area contributed by atoms with Gasteiger partial charge in [-0.3, -0.25) is 4.79 Å². The summed E-state index contributed by atoms with van der Waals surface area (Å²) in [7, 11) is 0. The number of carbonyl (C=O) groups is 1. The van der Waals surface area contributed by atoms with Crippen molar-refractivity contribution in [3.63, 3.8) is 0 Å². The van der Waals surface area contributed by atoms with Gasteiger partial charge in [0.1, 0.15) is 5.00 Å². The molecule has 0 saturated carbocycles. The molecule has 0 aliphatic carbocycles. The number of halogens is 3. The lowest BCUT2D eigenvalue weighted by atomic mass is 10.1. The van der Waals surface area contributed by atoms with Crippen LogP contribution in [0.2, 0.25) is 0 Å². The predicted molar refractivity (Wildman–Crippen MR) is 111 cm³/mol. The maximum absolute atomic E-state index is 12.9. The number of hydrogen-bond donors (Lipinski definition) is 1. The number of hydrogen-bond acceptors (Lipinski definition) is 5. The van der Waals surface area contributed by atoms with Crippen LogP contribution in [-0.2, 0) is 17.4 Å². The molecule has 160 valence electrons. The van der Waals surface area contributed by atoms with Gasteiger partial charge in [0.15, 0.2) is 11.5 Å². The van der Waals surface area contributed by atoms with Crippen LogP contribution in [0.15, 0.2) is 48.5 Å². The first-order valence-electron chi connectivity index (χ1n) is 9.29. The molecule has 2 aromatic carbocycles. The van der Waals surface area contributed by atoms with Crippen LogP contribution in [0.1, 0.15) is 27.4 Å². The van der Waals surface area contributed by atoms with Gasteiger partial charge in [0.2, 0.25) is 12.7 Å². The van der Waals surface area contributed by atoms with Gasteiger partial charge in [-0.1, -0.05) is 24.3 Å². The fraction of sp³-hybridized carbons (Fsp3) is 0.182. The number of anilines is 1. The molecule has 1 aromatic heterocycles. The molecule has 1 aliphatic heterocycles. The van der Waals surface area contributed by atoms with Crippen LogP contribution in [0, 0.1) is 6.92 Å². The first-order chi connectivity index (χ1) is 14.8. The van der Waals surface area contributed by atoms with Crippen molar-refractivity contribution in [1.29, 1.82) is 0 Å². The van der Waals surface area contributed by atoms with Crippen molar-refractivity contribution in [2.45, 2.75) is 19.5 Å². The first kappa shape index (κ1) is 20.9. The lowest BCUT2D eigenvalue weighted by Crippen LogP contribution is -2.07. The van der Waals surface area contributed by atoms with E-state index in [9.17, 15) is 18.0 Å². The van der Waals surface area contributed by atoms with E-state index in [-0.39, 0.29) is 19.1 Å². The van der Waals surface area contributed by atoms with Gasteiger partial charge in [-0.15, -0.1) is 11.3 Å². The monoisotopic (exact) mass is 446 g/mol. The SMILES string of the molecule is Cc1nc(Cc2cccc(C(F)(F)F)c2)sc1NC(=O)/C=C/c1ccc2c(c1)OCO2. The van der Waals surface area contributed by atoms with E-state index in [0.717, 1.165) is 17.7 Å². The second-order valence-corrected chi connectivity index (χ2v) is 7.92. The van der Waals surface area contributed by atoms with Crippen molar-refractivity contribution in [2.24, 2.45) is 0 Å². The highest BCUT2D eigenvalue weighted by atomic mass is 32.1. The van der Waals surface area contributed by atoms with Gasteiger partial charge < -0.3 is 14.8 Å². The highest BCUT2D eigenvalue weighted by Crippen LogP contribution is 2.33. The van der Waals surface area contributed by atoms with Crippen molar-refractivity contribution >= 4 is 28.3 Å². The third kappa shape index (κ3) is 5.05. The molecule has 5 nitrogen and oxygen atoms in total. The molecule has 1 aliphatic rings. The number of benzene rings is 2. The molecule has 0 bridgehead atoms. The Bertz CT molecular complexity index is 1160. The quantitative estimate of drug-likeness (QED) is 0.530. The van der Waals surface area contributed by atoms with Crippen molar-refractivity contribution in [3.8, 4) is 11.5 Å². The number of alkyl halides is 3. The maximum Gasteiger partial charge on any atom is 0.416 e. The molecule has 1 amide bonds. The molecule has 0 unspecified atom stereocenters. The molecule has 4 rings (SSSR count). The Balaban J connectivity index is 1.41. The standard InChI is InChI=1S/C22H17F3N2O3S/c1-13-21(27-19(28)8-6-14-5-7-17-18(10-14)30-12-29-17)31-20(26-13)11-15-3-2-4-16(9-15)22(23,24)25/h2-10H,11-12H2,1H3,(H,27,28)/b8-6+. The fourth-order valence-electron chi connectivity index (χ4n) is 3.02. The van der Waals surface area contributed by atoms with E-state index in [4.69, 9.17) is 9.47 Å². The minimum Gasteiger partial charge on any atom is -0.454 e. The molecular formula is C22H17F3N2O3S. The molecule has 0 fully saturated rings. The Labute approximate surface area is 180 Å². The summed E-state index contributed by atoms with van der Waals surface area (Å²) in [6.45, 7) is 1.92. The molecular weight excluding hydrogens is 429 g/mol. The number of carbonyl (C=O) groups excluding carboxylic acids is 1. The molecule has 0 spiro atoms. The molecule has 3 aromatic rings. The minimum absolute atomic E-state index is 0.177. The largest absolute Gasteiger partial charge is 0.454 e. The number of rotatable bonds is 5. The van der Waals surface area contributed by atoms with Gasteiger partial charge in [-0.2, -0.15) is 13.2 Å². The summed E-state index contributed by atoms with van der Waals surface area (Å²) in [6.07, 6.45) is -1.10. The van der Waals surface area contributed by atoms with Crippen molar-refractivity contribution < 1.29 is 27.4 Å². The fourth-order valence-corrected chi connectivity index (χ4v) is 4.02. The predicted octanol–water partition coefficient (Wildman–Crippen LogP) is 5.44. The summed E-state index contributed by atoms with van der Waals surface area (Å²) >= 11 is 1.24. The Morgan fingerprint density at radius 1 is 1.19 bits per heavy atom. The van der Waals surface area contributed by atoms with Crippen LogP contribution in [-0.4, -0.2) is 17.7 Å². The second-order valence-electron chi connectivity index (χ2n) is 6.83. The van der Waals surface area contributed by atoms with E-state index in [1.165, 1.54) is 23.5 Å². The van der Waals surface area contributed by atoms with E-state index in [2.05, 4.69) is 10.3 Å². The number of amides is 1. The van der Waals surface area contributed by atoms with E-state index in [1.807, 2.05) is 6.07 Å². The third-order valence-corrected chi connectivity index (χ3v) is 5.58. The summed E-state index contributed by atoms with van der Waals surface area (Å²) in [5.41, 5.74) is 1.20. The molecule has 9 heteroatoms. The maximum atomic E-state index is 12.9. The number of ether oxygens (including phenoxy) is 2. The number of nitrogens with zero attached hydrogens (tertiary/aromatic N) is 1. The average molecular weight is 446 g/mol. The van der Waals surface area contributed by atoms with E-state index in [0.29, 0.717) is 32.8 Å². The Hall–Kier alpha value is -3.33. The number of aryl methyl sites for hydroxylation is 1. The topological polar surface area (TPSA) is 60.5 Å². The molecule has 31 heavy (non-hydrogen) atoms. The van der Waals surface area contributed by atoms with Crippen LogP contribution >= 0.6 is 11.3 Å². The number of thiazole rings is 1. The van der Waals surface area contributed by atoms with Crippen molar-refractivity contribution in [2.75, 3.05) is 12.1 Å². The Kier molecular flexibility index (Phi) is 5.69. The van der Waals surface area contributed by atoms with Gasteiger partial charge in [0, 0.05) is 12.5 Å². The van der Waals surface area contributed by atoms with E-state index >= 15 is 0 Å². The average Bonchev–Trinajstić information content (AvgIpc) is 3.32. The van der Waals surface area contributed by atoms with Crippen LogP contribution in [0.25, 0.3) is 6.08 Å². The van der Waals surface area contributed by atoms with Crippen LogP contribution < -0.4 is 14.8 Å². The molecule has 0 radical (unpaired) electrons. The van der Waals surface area contributed by atoms with Gasteiger partial charge in [-0.25, -0.2) is 4.98 Å². The van der Waals surface area contributed by atoms with Crippen LogP contribution in [0.3, 0.4) is 0 Å². The molecule has 0 saturated heterocycles. The molecule has 2 heterocycles. The summed E-state index contributed by atoms with van der Waals surface area (Å²) in [6, 6.07) is 10.5. The number of fused-ring (bicyclic) bond motifs is 1. The summed E-state index contributed by atoms with van der Waals surface area (Å²) in [5.74, 6) is 0.949. The zero-order valence-electron chi connectivity index (χ0n) is 16.3. The Morgan fingerprint density at radius 3 is 2.81 bits per heavy atom. The lowest BCUT2D eigenvalue weighted by molar-refractivity contribution is -0.137. The molecule has 0 atom stereocenters. The zero-order chi connectivity index (χ0) is 22.0. The lowest BCUT2D eigenvalue weighted by Gasteiger charge is -2.07. The number of aromatic nitrogens is 1. The van der Waals surface area contributed by atoms with E-state index < -0.39 is 11.7 Å². The molecule has 1 N–H and O–H groups in total. The highest BCUT2D eigenvalue weighted by Gasteiger charge is 2.30. The second kappa shape index (κ2) is 8.43. The third-order valence-electron chi connectivity index (χ3n) is 4.51. The van der Waals surface area contributed by atoms with E-state index in [1.54, 1.807) is 31.2 Å². The van der Waals surface area contributed by atoms with Crippen LogP contribution in [0.5, 0.6) is 11.5 Å². The summed E-state index contributed by atoms with van der Waals surface area (Å²) < 4.78 is 49.3. The highest BCUT2D eigenvalue weighted by molar-refractivity contribution is 7.16. The van der Waals surface area contributed by atoms with Gasteiger partial charge in [-0.05, 0) is 42.3 Å². The van der Waals surface area contributed by atoms with Crippen LogP contribution in [0.4, 0.5) is 18.2 Å². The minimum atomic E-state index is -4.39. The summed E-state index contributed by atoms with van der Waals surface area (Å²) in [4.78, 5) is 16.7. The van der Waals surface area contributed by atoms with Gasteiger partial charge in [0.05, 0.1) is 16.3 Å². The van der Waals surface area contributed by atoms with Crippen molar-refractivity contribution in [3.05, 3.63) is 75.9 Å².